The molecule has 2 rings (SSSR count). The van der Waals surface area contributed by atoms with Crippen LogP contribution < -0.4 is 10.6 Å². The fraction of sp³-hybridized carbons (Fsp3) is 0.500. The zero-order valence-electron chi connectivity index (χ0n) is 10.7. The van der Waals surface area contributed by atoms with Gasteiger partial charge in [0, 0.05) is 12.5 Å². The molecule has 0 spiro atoms. The van der Waals surface area contributed by atoms with Crippen molar-refractivity contribution < 1.29 is 4.79 Å². The first-order valence-corrected chi connectivity index (χ1v) is 7.39. The smallest absolute Gasteiger partial charge is 0.224 e. The van der Waals surface area contributed by atoms with Crippen LogP contribution in [0.15, 0.2) is 18.2 Å². The first-order valence-electron chi connectivity index (χ1n) is 6.64. The number of hydrogen-bond acceptors (Lipinski definition) is 2. The molecule has 0 aliphatic carbocycles. The van der Waals surface area contributed by atoms with E-state index < -0.39 is 0 Å². The maximum atomic E-state index is 11.9. The van der Waals surface area contributed by atoms with Gasteiger partial charge in [-0.3, -0.25) is 4.79 Å². The minimum Gasteiger partial charge on any atom is -0.325 e. The molecule has 1 amide bonds. The molecular formula is C14H18Cl2N2O. The third-order valence-electron chi connectivity index (χ3n) is 3.36. The van der Waals surface area contributed by atoms with E-state index in [4.69, 9.17) is 23.2 Å². The van der Waals surface area contributed by atoms with Crippen molar-refractivity contribution in [3.63, 3.8) is 0 Å². The maximum absolute atomic E-state index is 11.9. The summed E-state index contributed by atoms with van der Waals surface area (Å²) in [5.74, 6) is -0.0171. The highest BCUT2D eigenvalue weighted by Gasteiger charge is 2.14. The van der Waals surface area contributed by atoms with Gasteiger partial charge >= 0.3 is 0 Å². The predicted octanol–water partition coefficient (Wildman–Crippen LogP) is 3.85. The second kappa shape index (κ2) is 7.13. The molecule has 1 aliphatic heterocycles. The van der Waals surface area contributed by atoms with Gasteiger partial charge in [0.05, 0.1) is 15.7 Å². The molecule has 0 bridgehead atoms. The van der Waals surface area contributed by atoms with Crippen molar-refractivity contribution in [2.45, 2.75) is 38.1 Å². The molecule has 5 heteroatoms. The van der Waals surface area contributed by atoms with E-state index in [9.17, 15) is 4.79 Å². The summed E-state index contributed by atoms with van der Waals surface area (Å²) in [5, 5.41) is 7.09. The molecule has 1 aromatic rings. The van der Waals surface area contributed by atoms with Crippen molar-refractivity contribution in [2.24, 2.45) is 0 Å². The van der Waals surface area contributed by atoms with Gasteiger partial charge in [-0.2, -0.15) is 0 Å². The van der Waals surface area contributed by atoms with E-state index in [0.717, 1.165) is 19.4 Å². The lowest BCUT2D eigenvalue weighted by Crippen LogP contribution is -2.34. The molecular weight excluding hydrogens is 283 g/mol. The quantitative estimate of drug-likeness (QED) is 0.886. The van der Waals surface area contributed by atoms with Crippen LogP contribution in [0.3, 0.4) is 0 Å². The summed E-state index contributed by atoms with van der Waals surface area (Å²) in [4.78, 5) is 11.9. The Morgan fingerprint density at radius 1 is 1.37 bits per heavy atom. The standard InChI is InChI=1S/C14H18Cl2N2O/c15-11-5-3-6-12(14(11)16)18-13(19)8-7-10-4-1-2-9-17-10/h3,5-6,10,17H,1-2,4,7-9H2,(H,18,19). The van der Waals surface area contributed by atoms with Gasteiger partial charge in [-0.1, -0.05) is 35.7 Å². The van der Waals surface area contributed by atoms with Gasteiger partial charge in [0.15, 0.2) is 0 Å². The highest BCUT2D eigenvalue weighted by Crippen LogP contribution is 2.29. The number of carbonyl (C=O) groups is 1. The van der Waals surface area contributed by atoms with E-state index in [2.05, 4.69) is 10.6 Å². The first-order chi connectivity index (χ1) is 9.16. The molecule has 1 aliphatic rings. The Morgan fingerprint density at radius 2 is 2.21 bits per heavy atom. The zero-order valence-corrected chi connectivity index (χ0v) is 12.2. The van der Waals surface area contributed by atoms with Gasteiger partial charge < -0.3 is 10.6 Å². The molecule has 0 saturated carbocycles. The van der Waals surface area contributed by atoms with Crippen molar-refractivity contribution in [1.29, 1.82) is 0 Å². The minimum absolute atomic E-state index is 0.0171. The van der Waals surface area contributed by atoms with Crippen LogP contribution in [0.25, 0.3) is 0 Å². The normalized spacial score (nSPS) is 19.2. The van der Waals surface area contributed by atoms with Crippen molar-refractivity contribution in [3.8, 4) is 0 Å². The zero-order chi connectivity index (χ0) is 13.7. The third-order valence-corrected chi connectivity index (χ3v) is 4.18. The maximum Gasteiger partial charge on any atom is 0.224 e. The van der Waals surface area contributed by atoms with Gasteiger partial charge in [0.25, 0.3) is 0 Å². The minimum atomic E-state index is -0.0171. The number of anilines is 1. The SMILES string of the molecule is O=C(CCC1CCCCN1)Nc1cccc(Cl)c1Cl. The third kappa shape index (κ3) is 4.37. The van der Waals surface area contributed by atoms with E-state index >= 15 is 0 Å². The Kier molecular flexibility index (Phi) is 5.49. The number of piperidine rings is 1. The highest BCUT2D eigenvalue weighted by atomic mass is 35.5. The number of halogens is 2. The number of benzene rings is 1. The number of rotatable bonds is 4. The summed E-state index contributed by atoms with van der Waals surface area (Å²) in [6.07, 6.45) is 5.01. The van der Waals surface area contributed by atoms with Crippen LogP contribution in [0.5, 0.6) is 0 Å². The summed E-state index contributed by atoms with van der Waals surface area (Å²) in [6, 6.07) is 5.69. The average Bonchev–Trinajstić information content (AvgIpc) is 2.43. The molecule has 1 unspecified atom stereocenters. The lowest BCUT2D eigenvalue weighted by atomic mass is 10.0. The predicted molar refractivity (Wildman–Crippen MR) is 80.0 cm³/mol. The van der Waals surface area contributed by atoms with E-state index in [1.807, 2.05) is 0 Å². The summed E-state index contributed by atoms with van der Waals surface area (Å²) in [6.45, 7) is 1.06. The molecule has 3 nitrogen and oxygen atoms in total. The van der Waals surface area contributed by atoms with Gasteiger partial charge in [-0.05, 0) is 37.9 Å². The lowest BCUT2D eigenvalue weighted by Gasteiger charge is -2.23. The Bertz CT molecular complexity index is 445. The van der Waals surface area contributed by atoms with Crippen LogP contribution in [-0.2, 0) is 4.79 Å². The van der Waals surface area contributed by atoms with Crippen LogP contribution in [-0.4, -0.2) is 18.5 Å². The van der Waals surface area contributed by atoms with E-state index in [1.54, 1.807) is 18.2 Å². The molecule has 0 aromatic heterocycles. The van der Waals surface area contributed by atoms with Crippen LogP contribution in [0.2, 0.25) is 10.0 Å². The Balaban J connectivity index is 1.82. The highest BCUT2D eigenvalue weighted by molar-refractivity contribution is 6.43. The number of hydrogen-bond donors (Lipinski definition) is 2. The topological polar surface area (TPSA) is 41.1 Å². The molecule has 1 heterocycles. The monoisotopic (exact) mass is 300 g/mol. The molecule has 2 N–H and O–H groups in total. The van der Waals surface area contributed by atoms with Crippen LogP contribution in [0, 0.1) is 0 Å². The fourth-order valence-corrected chi connectivity index (χ4v) is 2.64. The van der Waals surface area contributed by atoms with Gasteiger partial charge in [-0.15, -0.1) is 0 Å². The van der Waals surface area contributed by atoms with E-state index in [0.29, 0.717) is 28.2 Å². The molecule has 19 heavy (non-hydrogen) atoms. The van der Waals surface area contributed by atoms with Gasteiger partial charge in [-0.25, -0.2) is 0 Å². The van der Waals surface area contributed by atoms with Crippen LogP contribution in [0.4, 0.5) is 5.69 Å². The molecule has 1 fully saturated rings. The number of amides is 1. The lowest BCUT2D eigenvalue weighted by molar-refractivity contribution is -0.116. The summed E-state index contributed by atoms with van der Waals surface area (Å²) in [5.41, 5.74) is 0.579. The average molecular weight is 301 g/mol. The molecule has 1 atom stereocenters. The molecule has 104 valence electrons. The van der Waals surface area contributed by atoms with Crippen molar-refractivity contribution >= 4 is 34.8 Å². The van der Waals surface area contributed by atoms with E-state index in [1.165, 1.54) is 12.8 Å². The van der Waals surface area contributed by atoms with Crippen LogP contribution in [0.1, 0.15) is 32.1 Å². The largest absolute Gasteiger partial charge is 0.325 e. The summed E-state index contributed by atoms with van der Waals surface area (Å²) >= 11 is 11.9. The van der Waals surface area contributed by atoms with Gasteiger partial charge in [0.2, 0.25) is 5.91 Å². The summed E-state index contributed by atoms with van der Waals surface area (Å²) < 4.78 is 0. The van der Waals surface area contributed by atoms with E-state index in [-0.39, 0.29) is 5.91 Å². The number of carbonyl (C=O) groups excluding carboxylic acids is 1. The second-order valence-electron chi connectivity index (χ2n) is 4.84. The molecule has 1 saturated heterocycles. The van der Waals surface area contributed by atoms with Crippen molar-refractivity contribution in [1.82, 2.24) is 5.32 Å². The van der Waals surface area contributed by atoms with Crippen molar-refractivity contribution in [3.05, 3.63) is 28.2 Å². The summed E-state index contributed by atoms with van der Waals surface area (Å²) in [7, 11) is 0. The Hall–Kier alpha value is -0.770. The van der Waals surface area contributed by atoms with Gasteiger partial charge in [0.1, 0.15) is 0 Å². The first kappa shape index (κ1) is 14.6. The molecule has 1 aromatic carbocycles. The Labute approximate surface area is 123 Å². The van der Waals surface area contributed by atoms with Crippen LogP contribution >= 0.6 is 23.2 Å². The Morgan fingerprint density at radius 3 is 2.95 bits per heavy atom. The van der Waals surface area contributed by atoms with Crippen molar-refractivity contribution in [2.75, 3.05) is 11.9 Å². The fourth-order valence-electron chi connectivity index (χ4n) is 2.29. The molecule has 0 radical (unpaired) electrons. The number of nitrogens with one attached hydrogen (secondary N) is 2. The second-order valence-corrected chi connectivity index (χ2v) is 5.62.